The van der Waals surface area contributed by atoms with E-state index in [0.717, 1.165) is 12.5 Å². The highest BCUT2D eigenvalue weighted by Gasteiger charge is 2.74. The first-order chi connectivity index (χ1) is 7.90. The number of fused-ring (bicyclic) bond motifs is 1. The summed E-state index contributed by atoms with van der Waals surface area (Å²) in [5.41, 5.74) is -0.0393. The number of hydrogen-bond donors (Lipinski definition) is 0. The molecule has 0 aromatic rings. The van der Waals surface area contributed by atoms with Crippen molar-refractivity contribution < 1.29 is 19.1 Å². The molecule has 17 heavy (non-hydrogen) atoms. The molecule has 4 unspecified atom stereocenters. The molecule has 0 N–H and O–H groups in total. The Balaban J connectivity index is 1.96. The van der Waals surface area contributed by atoms with Gasteiger partial charge in [0.1, 0.15) is 0 Å². The lowest BCUT2D eigenvalue weighted by atomic mass is 9.68. The molecule has 2 bridgehead atoms. The lowest BCUT2D eigenvalue weighted by Crippen LogP contribution is -2.43. The van der Waals surface area contributed by atoms with E-state index in [-0.39, 0.29) is 23.2 Å². The highest BCUT2D eigenvalue weighted by atomic mass is 16.7. The van der Waals surface area contributed by atoms with Crippen molar-refractivity contribution in [1.29, 1.82) is 0 Å². The highest BCUT2D eigenvalue weighted by Crippen LogP contribution is 2.68. The van der Waals surface area contributed by atoms with Gasteiger partial charge < -0.3 is 9.47 Å². The van der Waals surface area contributed by atoms with Gasteiger partial charge in [-0.25, -0.2) is 4.79 Å². The Kier molecular flexibility index (Phi) is 1.86. The maximum absolute atomic E-state index is 11.9. The third kappa shape index (κ3) is 1.13. The van der Waals surface area contributed by atoms with Gasteiger partial charge in [0.15, 0.2) is 0 Å². The Bertz CT molecular complexity index is 425. The van der Waals surface area contributed by atoms with E-state index in [9.17, 15) is 9.59 Å². The zero-order chi connectivity index (χ0) is 12.4. The molecule has 3 fully saturated rings. The lowest BCUT2D eigenvalue weighted by molar-refractivity contribution is -0.220. The fraction of sp³-hybridized carbons (Fsp3) is 0.692. The summed E-state index contributed by atoms with van der Waals surface area (Å²) in [5.74, 6) is -1.42. The topological polar surface area (TPSA) is 52.6 Å². The van der Waals surface area contributed by atoms with Crippen molar-refractivity contribution in [3.8, 4) is 0 Å². The van der Waals surface area contributed by atoms with Crippen molar-refractivity contribution in [3.63, 3.8) is 0 Å². The summed E-state index contributed by atoms with van der Waals surface area (Å²) in [6.45, 7) is 7.59. The van der Waals surface area contributed by atoms with Gasteiger partial charge >= 0.3 is 11.9 Å². The molecule has 1 aliphatic heterocycles. The molecule has 0 radical (unpaired) electrons. The molecule has 0 aromatic carbocycles. The van der Waals surface area contributed by atoms with Crippen LogP contribution in [0.4, 0.5) is 0 Å². The molecule has 2 aliphatic carbocycles. The molecule has 3 rings (SSSR count). The third-order valence-electron chi connectivity index (χ3n) is 4.86. The molecule has 4 heteroatoms. The normalized spacial score (nSPS) is 44.6. The minimum absolute atomic E-state index is 0.0268. The number of hydrogen-bond acceptors (Lipinski definition) is 4. The highest BCUT2D eigenvalue weighted by molar-refractivity contribution is 5.83. The summed E-state index contributed by atoms with van der Waals surface area (Å²) < 4.78 is 10.7. The van der Waals surface area contributed by atoms with E-state index in [2.05, 4.69) is 20.4 Å². The summed E-state index contributed by atoms with van der Waals surface area (Å²) in [4.78, 5) is 23.3. The lowest BCUT2D eigenvalue weighted by Gasteiger charge is -2.36. The molecule has 0 spiro atoms. The van der Waals surface area contributed by atoms with E-state index in [1.165, 1.54) is 0 Å². The van der Waals surface area contributed by atoms with E-state index >= 15 is 0 Å². The van der Waals surface area contributed by atoms with Crippen molar-refractivity contribution >= 4 is 11.9 Å². The Morgan fingerprint density at radius 3 is 2.88 bits per heavy atom. The maximum atomic E-state index is 11.9. The van der Waals surface area contributed by atoms with Gasteiger partial charge in [0, 0.05) is 12.5 Å². The van der Waals surface area contributed by atoms with Gasteiger partial charge in [0.2, 0.25) is 0 Å². The van der Waals surface area contributed by atoms with E-state index in [1.807, 2.05) is 0 Å². The molecule has 0 amide bonds. The molecule has 2 saturated carbocycles. The predicted octanol–water partition coefficient (Wildman–Crippen LogP) is 1.65. The van der Waals surface area contributed by atoms with Crippen LogP contribution >= 0.6 is 0 Å². The van der Waals surface area contributed by atoms with Crippen molar-refractivity contribution in [2.24, 2.45) is 23.2 Å². The number of carbonyl (C=O) groups is 2. The molecule has 4 nitrogen and oxygen atoms in total. The smallest absolute Gasteiger partial charge is 0.333 e. The third-order valence-corrected chi connectivity index (χ3v) is 4.86. The summed E-state index contributed by atoms with van der Waals surface area (Å²) in [6, 6.07) is 0. The summed E-state index contributed by atoms with van der Waals surface area (Å²) in [6.07, 6.45) is 2.66. The van der Waals surface area contributed by atoms with Crippen LogP contribution in [0.15, 0.2) is 12.7 Å². The van der Waals surface area contributed by atoms with Crippen LogP contribution in [0.1, 0.15) is 26.7 Å². The van der Waals surface area contributed by atoms with E-state index in [1.54, 1.807) is 0 Å². The molecular weight excluding hydrogens is 220 g/mol. The fourth-order valence-corrected chi connectivity index (χ4v) is 3.96. The van der Waals surface area contributed by atoms with Crippen molar-refractivity contribution in [2.75, 3.05) is 0 Å². The number of esters is 2. The van der Waals surface area contributed by atoms with Crippen LogP contribution in [0.5, 0.6) is 0 Å². The standard InChI is InChI=1S/C13H16O4/c1-4-9(14)16-13-6-7-5-8(13)10(11(15)17-13)12(7,2)3/h4,7-8,10H,1,5-6H2,2-3H3. The van der Waals surface area contributed by atoms with E-state index in [0.29, 0.717) is 12.3 Å². The van der Waals surface area contributed by atoms with Crippen LogP contribution in [-0.2, 0) is 19.1 Å². The van der Waals surface area contributed by atoms with Gasteiger partial charge in [-0.2, -0.15) is 0 Å². The van der Waals surface area contributed by atoms with Gasteiger partial charge in [-0.05, 0) is 17.8 Å². The second-order valence-corrected chi connectivity index (χ2v) is 5.90. The van der Waals surface area contributed by atoms with Gasteiger partial charge in [0.25, 0.3) is 5.79 Å². The molecule has 1 heterocycles. The quantitative estimate of drug-likeness (QED) is 0.540. The van der Waals surface area contributed by atoms with Gasteiger partial charge in [0.05, 0.1) is 11.8 Å². The number of ether oxygens (including phenoxy) is 2. The average molecular weight is 236 g/mol. The van der Waals surface area contributed by atoms with Crippen LogP contribution in [0.25, 0.3) is 0 Å². The van der Waals surface area contributed by atoms with Crippen LogP contribution in [0.2, 0.25) is 0 Å². The van der Waals surface area contributed by atoms with E-state index in [4.69, 9.17) is 9.47 Å². The van der Waals surface area contributed by atoms with Crippen LogP contribution in [0.3, 0.4) is 0 Å². The zero-order valence-corrected chi connectivity index (χ0v) is 10.1. The second-order valence-electron chi connectivity index (χ2n) is 5.90. The average Bonchev–Trinajstić information content (AvgIpc) is 2.75. The Morgan fingerprint density at radius 2 is 2.29 bits per heavy atom. The summed E-state index contributed by atoms with van der Waals surface area (Å²) >= 11 is 0. The van der Waals surface area contributed by atoms with Crippen molar-refractivity contribution in [2.45, 2.75) is 32.5 Å². The second kappa shape index (κ2) is 2.92. The monoisotopic (exact) mass is 236 g/mol. The molecule has 4 atom stereocenters. The fourth-order valence-electron chi connectivity index (χ4n) is 3.96. The van der Waals surface area contributed by atoms with Crippen LogP contribution in [-0.4, -0.2) is 17.7 Å². The van der Waals surface area contributed by atoms with Gasteiger partial charge in [-0.1, -0.05) is 20.4 Å². The minimum Gasteiger partial charge on any atom is -0.422 e. The predicted molar refractivity (Wildman–Crippen MR) is 58.6 cm³/mol. The van der Waals surface area contributed by atoms with Gasteiger partial charge in [-0.15, -0.1) is 0 Å². The minimum atomic E-state index is -0.993. The molecule has 92 valence electrons. The first-order valence-corrected chi connectivity index (χ1v) is 5.99. The molecular formula is C13H16O4. The first-order valence-electron chi connectivity index (χ1n) is 5.99. The summed E-state index contributed by atoms with van der Waals surface area (Å²) in [7, 11) is 0. The first kappa shape index (κ1) is 10.8. The van der Waals surface area contributed by atoms with Gasteiger partial charge in [-0.3, -0.25) is 4.79 Å². The molecule has 0 aromatic heterocycles. The number of rotatable bonds is 2. The largest absolute Gasteiger partial charge is 0.422 e. The SMILES string of the molecule is C=CC(=O)OC12CC3CC1C(C(=O)O2)C3(C)C. The van der Waals surface area contributed by atoms with Crippen molar-refractivity contribution in [3.05, 3.63) is 12.7 Å². The Hall–Kier alpha value is -1.32. The van der Waals surface area contributed by atoms with Crippen LogP contribution in [0, 0.1) is 23.2 Å². The zero-order valence-electron chi connectivity index (χ0n) is 10.1. The Morgan fingerprint density at radius 1 is 1.59 bits per heavy atom. The van der Waals surface area contributed by atoms with E-state index < -0.39 is 11.8 Å². The molecule has 3 aliphatic rings. The number of carbonyl (C=O) groups excluding carboxylic acids is 2. The molecule has 1 saturated heterocycles. The Labute approximate surface area is 100.0 Å². The maximum Gasteiger partial charge on any atom is 0.333 e. The van der Waals surface area contributed by atoms with Crippen molar-refractivity contribution in [1.82, 2.24) is 0 Å². The summed E-state index contributed by atoms with van der Waals surface area (Å²) in [5, 5.41) is 0. The van der Waals surface area contributed by atoms with Crippen LogP contribution < -0.4 is 0 Å².